The number of hydrogen-bond donors (Lipinski definition) is 1. The van der Waals surface area contributed by atoms with Crippen LogP contribution in [-0.2, 0) is 10.2 Å². The maximum Gasteiger partial charge on any atom is 0.233 e. The first-order chi connectivity index (χ1) is 9.72. The van der Waals surface area contributed by atoms with Crippen molar-refractivity contribution in [1.82, 2.24) is 4.90 Å². The Hall–Kier alpha value is -1.35. The third-order valence-corrected chi connectivity index (χ3v) is 5.02. The molecular weight excluding hydrogens is 248 g/mol. The predicted octanol–water partition coefficient (Wildman–Crippen LogP) is 2.45. The number of hydrogen-bond acceptors (Lipinski definition) is 2. The second-order valence-electron chi connectivity index (χ2n) is 6.28. The lowest BCUT2D eigenvalue weighted by Crippen LogP contribution is -2.50. The lowest BCUT2D eigenvalue weighted by atomic mass is 9.77. The van der Waals surface area contributed by atoms with Gasteiger partial charge in [-0.1, -0.05) is 43.2 Å². The van der Waals surface area contributed by atoms with Crippen molar-refractivity contribution >= 4 is 5.91 Å². The van der Waals surface area contributed by atoms with Gasteiger partial charge in [0, 0.05) is 19.1 Å². The van der Waals surface area contributed by atoms with Crippen LogP contribution in [0.4, 0.5) is 0 Å². The summed E-state index contributed by atoms with van der Waals surface area (Å²) in [5.74, 6) is 0.341. The van der Waals surface area contributed by atoms with E-state index in [-0.39, 0.29) is 11.5 Å². The SMILES string of the molecule is NC1CCN(C(=O)C2(c3ccccc3)CCCC2)CC1. The molecule has 0 aromatic heterocycles. The van der Waals surface area contributed by atoms with E-state index in [1.807, 2.05) is 6.07 Å². The summed E-state index contributed by atoms with van der Waals surface area (Å²) in [6.45, 7) is 1.66. The fraction of sp³-hybridized carbons (Fsp3) is 0.588. The molecule has 3 heteroatoms. The summed E-state index contributed by atoms with van der Waals surface area (Å²) < 4.78 is 0. The van der Waals surface area contributed by atoms with Gasteiger partial charge in [-0.3, -0.25) is 4.79 Å². The standard InChI is InChI=1S/C17H24N2O/c18-15-8-12-19(13-9-15)16(20)17(10-4-5-11-17)14-6-2-1-3-7-14/h1-3,6-7,15H,4-5,8-13,18H2. The first-order valence-electron chi connectivity index (χ1n) is 7.83. The molecule has 3 nitrogen and oxygen atoms in total. The molecule has 2 fully saturated rings. The van der Waals surface area contributed by atoms with Crippen LogP contribution >= 0.6 is 0 Å². The van der Waals surface area contributed by atoms with Crippen molar-refractivity contribution in [3.63, 3.8) is 0 Å². The summed E-state index contributed by atoms with van der Waals surface area (Å²) in [6.07, 6.45) is 6.20. The van der Waals surface area contributed by atoms with Crippen LogP contribution in [0.3, 0.4) is 0 Å². The fourth-order valence-electron chi connectivity index (χ4n) is 3.77. The number of nitrogens with zero attached hydrogens (tertiary/aromatic N) is 1. The molecule has 1 saturated heterocycles. The van der Waals surface area contributed by atoms with Gasteiger partial charge in [-0.05, 0) is 31.2 Å². The van der Waals surface area contributed by atoms with Crippen LogP contribution in [-0.4, -0.2) is 29.9 Å². The molecule has 0 unspecified atom stereocenters. The third kappa shape index (κ3) is 2.35. The molecule has 1 aromatic rings. The molecule has 0 radical (unpaired) electrons. The molecule has 0 spiro atoms. The van der Waals surface area contributed by atoms with Crippen molar-refractivity contribution in [1.29, 1.82) is 0 Å². The van der Waals surface area contributed by atoms with Gasteiger partial charge in [-0.2, -0.15) is 0 Å². The quantitative estimate of drug-likeness (QED) is 0.899. The van der Waals surface area contributed by atoms with Gasteiger partial charge in [0.1, 0.15) is 0 Å². The molecular formula is C17H24N2O. The molecule has 3 rings (SSSR count). The van der Waals surface area contributed by atoms with Gasteiger partial charge in [0.15, 0.2) is 0 Å². The minimum absolute atomic E-state index is 0.261. The van der Waals surface area contributed by atoms with E-state index in [1.54, 1.807) is 0 Å². The van der Waals surface area contributed by atoms with Gasteiger partial charge >= 0.3 is 0 Å². The van der Waals surface area contributed by atoms with E-state index in [0.717, 1.165) is 51.6 Å². The van der Waals surface area contributed by atoms with Crippen LogP contribution in [0.25, 0.3) is 0 Å². The summed E-state index contributed by atoms with van der Waals surface area (Å²) >= 11 is 0. The van der Waals surface area contributed by atoms with Gasteiger partial charge in [-0.15, -0.1) is 0 Å². The van der Waals surface area contributed by atoms with Gasteiger partial charge in [0.05, 0.1) is 5.41 Å². The highest BCUT2D eigenvalue weighted by molar-refractivity contribution is 5.88. The zero-order valence-corrected chi connectivity index (χ0v) is 12.1. The monoisotopic (exact) mass is 272 g/mol. The molecule has 20 heavy (non-hydrogen) atoms. The second kappa shape index (κ2) is 5.57. The minimum Gasteiger partial charge on any atom is -0.342 e. The lowest BCUT2D eigenvalue weighted by Gasteiger charge is -2.38. The molecule has 1 aliphatic carbocycles. The number of benzene rings is 1. The summed E-state index contributed by atoms with van der Waals surface area (Å²) in [6, 6.07) is 10.6. The van der Waals surface area contributed by atoms with E-state index in [9.17, 15) is 4.79 Å². The Bertz CT molecular complexity index is 457. The largest absolute Gasteiger partial charge is 0.342 e. The van der Waals surface area contributed by atoms with Crippen molar-refractivity contribution < 1.29 is 4.79 Å². The lowest BCUT2D eigenvalue weighted by molar-refractivity contribution is -0.138. The molecule has 1 heterocycles. The Morgan fingerprint density at radius 3 is 2.30 bits per heavy atom. The Morgan fingerprint density at radius 2 is 1.70 bits per heavy atom. The third-order valence-electron chi connectivity index (χ3n) is 5.02. The highest BCUT2D eigenvalue weighted by Crippen LogP contribution is 2.42. The van der Waals surface area contributed by atoms with Gasteiger partial charge in [0.25, 0.3) is 0 Å². The van der Waals surface area contributed by atoms with Crippen LogP contribution in [0.2, 0.25) is 0 Å². The van der Waals surface area contributed by atoms with Crippen molar-refractivity contribution in [3.05, 3.63) is 35.9 Å². The zero-order chi connectivity index (χ0) is 14.0. The maximum atomic E-state index is 13.1. The molecule has 0 atom stereocenters. The Labute approximate surface area is 121 Å². The van der Waals surface area contributed by atoms with Crippen LogP contribution < -0.4 is 5.73 Å². The van der Waals surface area contributed by atoms with Crippen molar-refractivity contribution in [2.75, 3.05) is 13.1 Å². The molecule has 108 valence electrons. The number of piperidine rings is 1. The Kier molecular flexibility index (Phi) is 3.79. The average Bonchev–Trinajstić information content (AvgIpc) is 2.99. The number of amides is 1. The van der Waals surface area contributed by atoms with Crippen molar-refractivity contribution in [2.45, 2.75) is 50.0 Å². The molecule has 2 aliphatic rings. The predicted molar refractivity (Wildman–Crippen MR) is 80.4 cm³/mol. The van der Waals surface area contributed by atoms with E-state index >= 15 is 0 Å². The molecule has 2 N–H and O–H groups in total. The molecule has 1 amide bonds. The highest BCUT2D eigenvalue weighted by Gasteiger charge is 2.45. The molecule has 0 bridgehead atoms. The normalized spacial score (nSPS) is 22.9. The number of nitrogens with two attached hydrogens (primary N) is 1. The maximum absolute atomic E-state index is 13.1. The molecule has 1 aromatic carbocycles. The zero-order valence-electron chi connectivity index (χ0n) is 12.1. The first kappa shape index (κ1) is 13.6. The Morgan fingerprint density at radius 1 is 1.10 bits per heavy atom. The average molecular weight is 272 g/mol. The molecule has 1 aliphatic heterocycles. The van der Waals surface area contributed by atoms with Crippen LogP contribution in [0.15, 0.2) is 30.3 Å². The van der Waals surface area contributed by atoms with Gasteiger partial charge in [-0.25, -0.2) is 0 Å². The number of likely N-dealkylation sites (tertiary alicyclic amines) is 1. The van der Waals surface area contributed by atoms with Crippen molar-refractivity contribution in [2.24, 2.45) is 5.73 Å². The number of carbonyl (C=O) groups excluding carboxylic acids is 1. The van der Waals surface area contributed by atoms with E-state index in [1.165, 1.54) is 5.56 Å². The van der Waals surface area contributed by atoms with Crippen LogP contribution in [0.1, 0.15) is 44.1 Å². The smallest absolute Gasteiger partial charge is 0.233 e. The number of carbonyl (C=O) groups is 1. The minimum atomic E-state index is -0.261. The Balaban J connectivity index is 1.85. The molecule has 1 saturated carbocycles. The van der Waals surface area contributed by atoms with Gasteiger partial charge < -0.3 is 10.6 Å². The summed E-state index contributed by atoms with van der Waals surface area (Å²) in [7, 11) is 0. The van der Waals surface area contributed by atoms with Crippen molar-refractivity contribution in [3.8, 4) is 0 Å². The highest BCUT2D eigenvalue weighted by atomic mass is 16.2. The topological polar surface area (TPSA) is 46.3 Å². The van der Waals surface area contributed by atoms with E-state index in [2.05, 4.69) is 29.2 Å². The fourth-order valence-corrected chi connectivity index (χ4v) is 3.77. The van der Waals surface area contributed by atoms with Gasteiger partial charge in [0.2, 0.25) is 5.91 Å². The summed E-state index contributed by atoms with van der Waals surface area (Å²) in [5, 5.41) is 0. The van der Waals surface area contributed by atoms with Crippen LogP contribution in [0, 0.1) is 0 Å². The second-order valence-corrected chi connectivity index (χ2v) is 6.28. The summed E-state index contributed by atoms with van der Waals surface area (Å²) in [5.41, 5.74) is 6.90. The van der Waals surface area contributed by atoms with E-state index in [0.29, 0.717) is 5.91 Å². The van der Waals surface area contributed by atoms with Crippen LogP contribution in [0.5, 0.6) is 0 Å². The van der Waals surface area contributed by atoms with E-state index < -0.39 is 0 Å². The number of rotatable bonds is 2. The summed E-state index contributed by atoms with van der Waals surface area (Å²) in [4.78, 5) is 15.2. The first-order valence-corrected chi connectivity index (χ1v) is 7.83. The van der Waals surface area contributed by atoms with E-state index in [4.69, 9.17) is 5.73 Å².